The van der Waals surface area contributed by atoms with Gasteiger partial charge in [0.05, 0.1) is 5.75 Å². The number of carbonyl (C=O) groups is 1. The van der Waals surface area contributed by atoms with Crippen LogP contribution in [0, 0.1) is 0 Å². The maximum atomic E-state index is 12.1. The van der Waals surface area contributed by atoms with Crippen LogP contribution >= 0.6 is 11.8 Å². The summed E-state index contributed by atoms with van der Waals surface area (Å²) in [5, 5.41) is 0. The Bertz CT molecular complexity index is 543. The molecule has 104 valence electrons. The van der Waals surface area contributed by atoms with Gasteiger partial charge in [0.2, 0.25) is 0 Å². The largest absolute Gasteiger partial charge is 0.293 e. The highest BCUT2D eigenvalue weighted by atomic mass is 32.2. The van der Waals surface area contributed by atoms with Crippen LogP contribution in [0.25, 0.3) is 0 Å². The molecule has 0 atom stereocenters. The molecule has 0 amide bonds. The Morgan fingerprint density at radius 3 is 2.25 bits per heavy atom. The van der Waals surface area contributed by atoms with Gasteiger partial charge < -0.3 is 0 Å². The number of Topliss-reactive ketones (excluding diaryl/α,β-unsaturated/α-hetero) is 1. The van der Waals surface area contributed by atoms with E-state index in [9.17, 15) is 4.79 Å². The third kappa shape index (κ3) is 4.24. The molecule has 0 aliphatic rings. The molecule has 0 radical (unpaired) electrons. The van der Waals surface area contributed by atoms with Crippen LogP contribution in [0.2, 0.25) is 0 Å². The number of carbonyl (C=O) groups excluding carboxylic acids is 1. The van der Waals surface area contributed by atoms with Gasteiger partial charge in [-0.05, 0) is 17.0 Å². The minimum absolute atomic E-state index is 0.209. The maximum absolute atomic E-state index is 12.1. The molecular formula is C18H20OS. The average molecular weight is 284 g/mol. The molecule has 2 aromatic rings. The lowest BCUT2D eigenvalue weighted by atomic mass is 10.0. The van der Waals surface area contributed by atoms with E-state index in [1.165, 1.54) is 11.1 Å². The minimum Gasteiger partial charge on any atom is -0.293 e. The molecule has 0 spiro atoms. The van der Waals surface area contributed by atoms with Crippen LogP contribution in [0.15, 0.2) is 54.6 Å². The summed E-state index contributed by atoms with van der Waals surface area (Å²) in [6, 6.07) is 18.3. The Hall–Kier alpha value is -1.54. The highest BCUT2D eigenvalue weighted by Crippen LogP contribution is 2.17. The number of rotatable bonds is 6. The normalized spacial score (nSPS) is 10.8. The average Bonchev–Trinajstić information content (AvgIpc) is 2.48. The van der Waals surface area contributed by atoms with Crippen molar-refractivity contribution in [2.75, 3.05) is 5.75 Å². The second-order valence-electron chi connectivity index (χ2n) is 5.18. The third-order valence-corrected chi connectivity index (χ3v) is 4.25. The van der Waals surface area contributed by atoms with Gasteiger partial charge in [-0.1, -0.05) is 68.4 Å². The molecule has 0 saturated heterocycles. The van der Waals surface area contributed by atoms with E-state index in [0.29, 0.717) is 11.7 Å². The van der Waals surface area contributed by atoms with Crippen molar-refractivity contribution < 1.29 is 4.79 Å². The maximum Gasteiger partial charge on any atom is 0.172 e. The molecule has 2 rings (SSSR count). The summed E-state index contributed by atoms with van der Waals surface area (Å²) in [6.07, 6.45) is 0. The zero-order chi connectivity index (χ0) is 14.4. The van der Waals surface area contributed by atoms with E-state index in [2.05, 4.69) is 38.1 Å². The predicted octanol–water partition coefficient (Wildman–Crippen LogP) is 4.93. The Labute approximate surface area is 125 Å². The Kier molecular flexibility index (Phi) is 5.42. The molecule has 20 heavy (non-hydrogen) atoms. The summed E-state index contributed by atoms with van der Waals surface area (Å²) in [4.78, 5) is 12.1. The Morgan fingerprint density at radius 1 is 1.00 bits per heavy atom. The molecule has 0 heterocycles. The molecule has 0 aliphatic heterocycles. The van der Waals surface area contributed by atoms with Gasteiger partial charge in [-0.3, -0.25) is 4.79 Å². The summed E-state index contributed by atoms with van der Waals surface area (Å²) in [5.74, 6) is 2.14. The summed E-state index contributed by atoms with van der Waals surface area (Å²) in [7, 11) is 0. The van der Waals surface area contributed by atoms with Crippen molar-refractivity contribution in [2.45, 2.75) is 25.5 Å². The first-order chi connectivity index (χ1) is 9.66. The molecule has 0 bridgehead atoms. The number of hydrogen-bond donors (Lipinski definition) is 0. The van der Waals surface area contributed by atoms with Crippen LogP contribution in [0.1, 0.15) is 41.3 Å². The Morgan fingerprint density at radius 2 is 1.65 bits per heavy atom. The van der Waals surface area contributed by atoms with E-state index in [1.54, 1.807) is 11.8 Å². The molecule has 2 heteroatoms. The molecule has 0 fully saturated rings. The van der Waals surface area contributed by atoms with Gasteiger partial charge >= 0.3 is 0 Å². The summed E-state index contributed by atoms with van der Waals surface area (Å²) < 4.78 is 0. The molecule has 0 saturated carbocycles. The molecule has 0 unspecified atom stereocenters. The quantitative estimate of drug-likeness (QED) is 0.700. The highest BCUT2D eigenvalue weighted by Gasteiger charge is 2.07. The van der Waals surface area contributed by atoms with Gasteiger partial charge in [-0.2, -0.15) is 0 Å². The van der Waals surface area contributed by atoms with Gasteiger partial charge in [-0.15, -0.1) is 11.8 Å². The molecule has 2 aromatic carbocycles. The molecule has 0 N–H and O–H groups in total. The van der Waals surface area contributed by atoms with E-state index in [4.69, 9.17) is 0 Å². The van der Waals surface area contributed by atoms with Crippen molar-refractivity contribution in [1.82, 2.24) is 0 Å². The fraction of sp³-hybridized carbons (Fsp3) is 0.278. The standard InChI is InChI=1S/C18H20OS/c1-14(2)16-8-10-17(11-9-16)18(19)13-20-12-15-6-4-3-5-7-15/h3-11,14H,12-13H2,1-2H3. The van der Waals surface area contributed by atoms with E-state index < -0.39 is 0 Å². The monoisotopic (exact) mass is 284 g/mol. The van der Waals surface area contributed by atoms with E-state index in [1.807, 2.05) is 30.3 Å². The fourth-order valence-electron chi connectivity index (χ4n) is 1.97. The van der Waals surface area contributed by atoms with Crippen LogP contribution in [-0.4, -0.2) is 11.5 Å². The minimum atomic E-state index is 0.209. The zero-order valence-electron chi connectivity index (χ0n) is 12.0. The van der Waals surface area contributed by atoms with E-state index in [-0.39, 0.29) is 5.78 Å². The first kappa shape index (κ1) is 14.9. The van der Waals surface area contributed by atoms with Gasteiger partial charge in [0.1, 0.15) is 0 Å². The zero-order valence-corrected chi connectivity index (χ0v) is 12.8. The van der Waals surface area contributed by atoms with Crippen molar-refractivity contribution in [2.24, 2.45) is 0 Å². The summed E-state index contributed by atoms with van der Waals surface area (Å²) >= 11 is 1.67. The number of benzene rings is 2. The lowest BCUT2D eigenvalue weighted by Gasteiger charge is -2.06. The van der Waals surface area contributed by atoms with Crippen molar-refractivity contribution in [1.29, 1.82) is 0 Å². The molecule has 0 aliphatic carbocycles. The number of thioether (sulfide) groups is 1. The molecule has 0 aromatic heterocycles. The highest BCUT2D eigenvalue weighted by molar-refractivity contribution is 7.99. The summed E-state index contributed by atoms with van der Waals surface area (Å²) in [6.45, 7) is 4.32. The smallest absolute Gasteiger partial charge is 0.172 e. The first-order valence-corrected chi connectivity index (χ1v) is 8.07. The second-order valence-corrected chi connectivity index (χ2v) is 6.16. The first-order valence-electron chi connectivity index (χ1n) is 6.91. The van der Waals surface area contributed by atoms with Crippen LogP contribution in [0.3, 0.4) is 0 Å². The van der Waals surface area contributed by atoms with Gasteiger partial charge in [0.25, 0.3) is 0 Å². The van der Waals surface area contributed by atoms with Crippen molar-refractivity contribution in [3.63, 3.8) is 0 Å². The summed E-state index contributed by atoms with van der Waals surface area (Å²) in [5.41, 5.74) is 3.36. The van der Waals surface area contributed by atoms with Crippen LogP contribution < -0.4 is 0 Å². The van der Waals surface area contributed by atoms with E-state index in [0.717, 1.165) is 11.3 Å². The van der Waals surface area contributed by atoms with Crippen molar-refractivity contribution in [3.8, 4) is 0 Å². The number of ketones is 1. The lowest BCUT2D eigenvalue weighted by Crippen LogP contribution is -2.03. The lowest BCUT2D eigenvalue weighted by molar-refractivity contribution is 0.102. The molecule has 1 nitrogen and oxygen atoms in total. The predicted molar refractivity (Wildman–Crippen MR) is 87.5 cm³/mol. The fourth-order valence-corrected chi connectivity index (χ4v) is 2.86. The van der Waals surface area contributed by atoms with Gasteiger partial charge in [0.15, 0.2) is 5.78 Å². The van der Waals surface area contributed by atoms with Crippen molar-refractivity contribution in [3.05, 3.63) is 71.3 Å². The SMILES string of the molecule is CC(C)c1ccc(C(=O)CSCc2ccccc2)cc1. The van der Waals surface area contributed by atoms with E-state index >= 15 is 0 Å². The topological polar surface area (TPSA) is 17.1 Å². The van der Waals surface area contributed by atoms with Gasteiger partial charge in [-0.25, -0.2) is 0 Å². The third-order valence-electron chi connectivity index (χ3n) is 3.24. The second kappa shape index (κ2) is 7.30. The number of hydrogen-bond acceptors (Lipinski definition) is 2. The van der Waals surface area contributed by atoms with Crippen LogP contribution in [0.4, 0.5) is 0 Å². The van der Waals surface area contributed by atoms with Crippen LogP contribution in [0.5, 0.6) is 0 Å². The molecular weight excluding hydrogens is 264 g/mol. The van der Waals surface area contributed by atoms with Crippen molar-refractivity contribution >= 4 is 17.5 Å². The van der Waals surface area contributed by atoms with Crippen LogP contribution in [-0.2, 0) is 5.75 Å². The van der Waals surface area contributed by atoms with Gasteiger partial charge in [0, 0.05) is 11.3 Å². The Balaban J connectivity index is 1.85.